The molecule has 0 saturated carbocycles. The van der Waals surface area contributed by atoms with Crippen molar-refractivity contribution in [3.8, 4) is 5.75 Å². The Hall–Kier alpha value is -4.54. The number of carboxylic acid groups (broad SMARTS) is 1. The molecule has 2 fully saturated rings. The second kappa shape index (κ2) is 25.9. The van der Waals surface area contributed by atoms with E-state index in [1.807, 2.05) is 45.9 Å². The number of β-lactam (4-membered cyclic amide) rings is 1. The van der Waals surface area contributed by atoms with E-state index in [0.29, 0.717) is 30.5 Å². The smallest absolute Gasteiger partial charge is 0.413 e. The largest absolute Gasteiger partial charge is 0.486 e. The Kier molecular flexibility index (Phi) is 23.1. The monoisotopic (exact) mass is 883 g/mol. The Balaban J connectivity index is 0.00000186. The molecule has 3 aliphatic heterocycles. The first kappa shape index (κ1) is 53.5. The minimum Gasteiger partial charge on any atom is -0.486 e. The molecule has 0 spiro atoms. The summed E-state index contributed by atoms with van der Waals surface area (Å²) >= 11 is 1.08. The number of rotatable bonds is 11. The van der Waals surface area contributed by atoms with Crippen molar-refractivity contribution in [1.82, 2.24) is 20.7 Å². The minimum absolute atomic E-state index is 0.0259. The SMILES string of the molecule is CC.CC.CC(O/N=C(\C(=O)NC1C(=O)N(OSO)C1(C)C)c1csc(NC(=O)OC(C)(C)C)n1)C1CCc2cc(C(N)=NC3CCN[C@H](C)C3)ccc2O1.CN.O=CO. The Labute approximate surface area is 361 Å². The number of aliphatic imine (C=N–C) groups is 1. The number of aryl methyl sites for hydroxylation is 1. The molecule has 60 heavy (non-hydrogen) atoms. The van der Waals surface area contributed by atoms with Gasteiger partial charge in [0.05, 0.1) is 11.6 Å². The summed E-state index contributed by atoms with van der Waals surface area (Å²) in [5, 5.41) is 22.4. The van der Waals surface area contributed by atoms with Crippen LogP contribution in [-0.4, -0.2) is 111 Å². The summed E-state index contributed by atoms with van der Waals surface area (Å²) < 4.78 is 25.6. The molecule has 4 unspecified atom stereocenters. The average molecular weight is 884 g/mol. The number of ether oxygens (including phenoxy) is 2. The first-order chi connectivity index (χ1) is 28.5. The zero-order valence-corrected chi connectivity index (χ0v) is 38.4. The fourth-order valence-electron chi connectivity index (χ4n) is 5.99. The van der Waals surface area contributed by atoms with Gasteiger partial charge in [0.25, 0.3) is 18.3 Å². The van der Waals surface area contributed by atoms with Gasteiger partial charge in [0.2, 0.25) is 0 Å². The van der Waals surface area contributed by atoms with Crippen LogP contribution in [0.25, 0.3) is 0 Å². The second-order valence-electron chi connectivity index (χ2n) is 14.4. The van der Waals surface area contributed by atoms with Crippen molar-refractivity contribution in [3.63, 3.8) is 0 Å². The number of nitrogens with two attached hydrogens (primary N) is 2. The number of nitrogens with zero attached hydrogens (tertiary/aromatic N) is 4. The molecular weight excluding hydrogens is 819 g/mol. The lowest BCUT2D eigenvalue weighted by molar-refractivity contribution is -0.214. The van der Waals surface area contributed by atoms with Crippen molar-refractivity contribution in [2.45, 2.75) is 143 Å². The van der Waals surface area contributed by atoms with Crippen LogP contribution in [0, 0.1) is 0 Å². The van der Waals surface area contributed by atoms with Crippen molar-refractivity contribution >= 4 is 64.7 Å². The normalized spacial score (nSPS) is 21.0. The van der Waals surface area contributed by atoms with E-state index in [-0.39, 0.29) is 41.4 Å². The Morgan fingerprint density at radius 3 is 2.43 bits per heavy atom. The van der Waals surface area contributed by atoms with E-state index in [1.54, 1.807) is 41.5 Å². The number of aromatic nitrogens is 1. The molecular formula is C39H65N9O10S2. The molecule has 5 atom stereocenters. The third-order valence-corrected chi connectivity index (χ3v) is 9.69. The molecule has 0 aliphatic carbocycles. The summed E-state index contributed by atoms with van der Waals surface area (Å²) in [6, 6.07) is 5.40. The molecule has 1 aromatic heterocycles. The van der Waals surface area contributed by atoms with Crippen molar-refractivity contribution in [2.24, 2.45) is 21.6 Å². The molecule has 0 bridgehead atoms. The number of carbonyl (C=O) groups is 4. The number of hydrogen-bond donors (Lipinski definition) is 7. The third-order valence-electron chi connectivity index (χ3n) is 8.71. The first-order valence-corrected chi connectivity index (χ1v) is 21.4. The van der Waals surface area contributed by atoms with Crippen molar-refractivity contribution in [1.29, 1.82) is 0 Å². The Bertz CT molecular complexity index is 1740. The molecule has 4 heterocycles. The number of oxime groups is 1. The highest BCUT2D eigenvalue weighted by atomic mass is 32.2. The zero-order valence-electron chi connectivity index (χ0n) is 36.7. The van der Waals surface area contributed by atoms with Gasteiger partial charge < -0.3 is 46.1 Å². The van der Waals surface area contributed by atoms with Gasteiger partial charge in [-0.1, -0.05) is 32.9 Å². The maximum Gasteiger partial charge on any atom is 0.413 e. The van der Waals surface area contributed by atoms with Gasteiger partial charge in [0.1, 0.15) is 35.0 Å². The summed E-state index contributed by atoms with van der Waals surface area (Å²) in [6.45, 7) is 21.1. The minimum atomic E-state index is -0.997. The van der Waals surface area contributed by atoms with Crippen LogP contribution in [0.4, 0.5) is 9.93 Å². The predicted molar refractivity (Wildman–Crippen MR) is 235 cm³/mol. The Morgan fingerprint density at radius 1 is 1.20 bits per heavy atom. The third kappa shape index (κ3) is 15.5. The number of piperidine rings is 1. The fourth-order valence-corrected chi connectivity index (χ4v) is 7.00. The lowest BCUT2D eigenvalue weighted by atomic mass is 9.84. The topological polar surface area (TPSA) is 275 Å². The van der Waals surface area contributed by atoms with Gasteiger partial charge in [-0.3, -0.25) is 24.7 Å². The highest BCUT2D eigenvalue weighted by Crippen LogP contribution is 2.34. The van der Waals surface area contributed by atoms with E-state index in [4.69, 9.17) is 43.8 Å². The molecule has 5 rings (SSSR count). The molecule has 3 amide bonds. The summed E-state index contributed by atoms with van der Waals surface area (Å²) in [6.07, 6.45) is 1.50. The van der Waals surface area contributed by atoms with E-state index in [9.17, 15) is 14.4 Å². The number of benzene rings is 1. The molecule has 1 aromatic carbocycles. The summed E-state index contributed by atoms with van der Waals surface area (Å²) in [7, 11) is 1.50. The van der Waals surface area contributed by atoms with Gasteiger partial charge in [-0.2, -0.15) is 9.35 Å². The number of anilines is 1. The molecule has 3 aliphatic rings. The molecule has 2 saturated heterocycles. The van der Waals surface area contributed by atoms with Crippen molar-refractivity contribution < 1.29 is 47.4 Å². The van der Waals surface area contributed by atoms with Crippen LogP contribution in [0.2, 0.25) is 0 Å². The van der Waals surface area contributed by atoms with Crippen LogP contribution in [-0.2, 0) is 34.7 Å². The molecule has 338 valence electrons. The number of fused-ring (bicyclic) bond motifs is 1. The number of hydroxylamine groups is 2. The van der Waals surface area contributed by atoms with Gasteiger partial charge in [-0.15, -0.1) is 11.3 Å². The zero-order chi connectivity index (χ0) is 45.8. The Morgan fingerprint density at radius 2 is 1.85 bits per heavy atom. The average Bonchev–Trinajstić information content (AvgIpc) is 3.67. The van der Waals surface area contributed by atoms with Crippen LogP contribution in [0.1, 0.15) is 112 Å². The van der Waals surface area contributed by atoms with Crippen LogP contribution in [0.5, 0.6) is 5.75 Å². The number of nitrogens with one attached hydrogen (secondary N) is 3. The van der Waals surface area contributed by atoms with E-state index in [2.05, 4.69) is 38.7 Å². The van der Waals surface area contributed by atoms with Crippen LogP contribution < -0.4 is 32.2 Å². The molecule has 0 radical (unpaired) electrons. The molecule has 2 aromatic rings. The van der Waals surface area contributed by atoms with Gasteiger partial charge in [0.15, 0.2) is 29.3 Å². The maximum atomic E-state index is 13.7. The molecule has 21 heteroatoms. The van der Waals surface area contributed by atoms with E-state index < -0.39 is 47.3 Å². The van der Waals surface area contributed by atoms with Crippen LogP contribution in [0.3, 0.4) is 0 Å². The van der Waals surface area contributed by atoms with E-state index >= 15 is 0 Å². The van der Waals surface area contributed by atoms with Crippen molar-refractivity contribution in [2.75, 3.05) is 18.9 Å². The number of thiazole rings is 1. The maximum absolute atomic E-state index is 13.7. The fraction of sp³-hybridized carbons (Fsp3) is 0.615. The first-order valence-electron chi connectivity index (χ1n) is 19.8. The molecule has 19 nitrogen and oxygen atoms in total. The standard InChI is InChI=1S/C33H46N8O8S2.2C2H6.CH5N.CH2O2/c1-17-14-21(12-13-35-17)36-27(34)20-9-11-24-19(15-20)8-10-23(46-24)18(2)48-40-25(22-16-50-30(37-22)39-31(44)47-32(3,4)5)28(42)38-26-29(43)41(49-51-45)33(26,6)7;3*1-2;2-1-3/h9,11,15-18,21,23,26,35,45H,8,10,12-14H2,1-7H3,(H2,34,36)(H,38,42)(H,37,39,44);2*1-2H3;2H2,1H3;1H,(H,2,3)/b40-25-;;;;/t17-,18?,21?,23?,26?;;;;/m1..../s1. The number of carbonyl (C=O) groups excluding carboxylic acids is 3. The quantitative estimate of drug-likeness (QED) is 0.0375. The second-order valence-corrected chi connectivity index (χ2v) is 15.6. The van der Waals surface area contributed by atoms with Gasteiger partial charge in [-0.05, 0) is 112 Å². The van der Waals surface area contributed by atoms with Gasteiger partial charge in [0, 0.05) is 17.0 Å². The van der Waals surface area contributed by atoms with Gasteiger partial charge in [-0.25, -0.2) is 9.78 Å². The lowest BCUT2D eigenvalue weighted by Crippen LogP contribution is -2.76. The van der Waals surface area contributed by atoms with E-state index in [1.165, 1.54) is 12.4 Å². The highest BCUT2D eigenvalue weighted by molar-refractivity contribution is 7.88. The van der Waals surface area contributed by atoms with Crippen molar-refractivity contribution in [3.05, 3.63) is 40.4 Å². The number of amides is 3. The summed E-state index contributed by atoms with van der Waals surface area (Å²) in [4.78, 5) is 62.1. The number of hydrogen-bond acceptors (Lipinski definition) is 16. The predicted octanol–water partition coefficient (Wildman–Crippen LogP) is 5.33. The molecule has 9 N–H and O–H groups in total. The number of amidine groups is 1. The highest BCUT2D eigenvalue weighted by Gasteiger charge is 2.57. The van der Waals surface area contributed by atoms with Gasteiger partial charge >= 0.3 is 6.09 Å². The summed E-state index contributed by atoms with van der Waals surface area (Å²) in [5.74, 6) is -0.103. The lowest BCUT2D eigenvalue weighted by Gasteiger charge is -2.50. The summed E-state index contributed by atoms with van der Waals surface area (Å²) in [5.41, 5.74) is 10.9. The van der Waals surface area contributed by atoms with Crippen LogP contribution in [0.15, 0.2) is 33.7 Å². The van der Waals surface area contributed by atoms with E-state index in [0.717, 1.165) is 46.9 Å². The van der Waals surface area contributed by atoms with Crippen LogP contribution >= 0.6 is 23.7 Å².